The Morgan fingerprint density at radius 2 is 2.08 bits per heavy atom. The van der Waals surface area contributed by atoms with Crippen LogP contribution in [0, 0.1) is 0 Å². The highest BCUT2D eigenvalue weighted by atomic mass is 16.5. The number of hydrogen-bond donors (Lipinski definition) is 1. The number of anilines is 1. The maximum atomic E-state index is 12.5. The highest BCUT2D eigenvalue weighted by molar-refractivity contribution is 6.04. The van der Waals surface area contributed by atoms with Crippen LogP contribution < -0.4 is 14.8 Å². The summed E-state index contributed by atoms with van der Waals surface area (Å²) in [6.45, 7) is 2.35. The molecular weight excluding hydrogens is 322 g/mol. The predicted octanol–water partition coefficient (Wildman–Crippen LogP) is 2.32. The smallest absolute Gasteiger partial charge is 0.255 e. The van der Waals surface area contributed by atoms with Crippen LogP contribution >= 0.6 is 0 Å². The van der Waals surface area contributed by atoms with Crippen LogP contribution in [0.1, 0.15) is 17.3 Å². The van der Waals surface area contributed by atoms with Gasteiger partial charge < -0.3 is 14.8 Å². The molecule has 8 nitrogen and oxygen atoms in total. The summed E-state index contributed by atoms with van der Waals surface area (Å²) < 4.78 is 12.2. The molecule has 0 atom stereocenters. The van der Waals surface area contributed by atoms with Gasteiger partial charge in [-0.1, -0.05) is 6.07 Å². The second-order valence-electron chi connectivity index (χ2n) is 5.06. The topological polar surface area (TPSA) is 91.2 Å². The molecule has 8 heteroatoms. The molecule has 0 aliphatic carbocycles. The molecule has 0 fully saturated rings. The van der Waals surface area contributed by atoms with Gasteiger partial charge in [0.1, 0.15) is 6.33 Å². The number of carbonyl (C=O) groups is 1. The van der Waals surface area contributed by atoms with Gasteiger partial charge in [-0.3, -0.25) is 4.79 Å². The summed E-state index contributed by atoms with van der Waals surface area (Å²) in [5, 5.41) is 13.9. The van der Waals surface area contributed by atoms with Crippen LogP contribution in [0.25, 0.3) is 5.69 Å². The Morgan fingerprint density at radius 1 is 1.20 bits per heavy atom. The lowest BCUT2D eigenvalue weighted by Crippen LogP contribution is -2.12. The molecule has 0 saturated carbocycles. The lowest BCUT2D eigenvalue weighted by atomic mass is 10.1. The van der Waals surface area contributed by atoms with Crippen LogP contribution in [-0.2, 0) is 0 Å². The maximum Gasteiger partial charge on any atom is 0.255 e. The number of benzene rings is 2. The summed E-state index contributed by atoms with van der Waals surface area (Å²) >= 11 is 0. The molecule has 1 aromatic heterocycles. The SMILES string of the molecule is CCOc1cc(C(=O)Nc2cccc(-n3cnnn3)c2)ccc1OC. The number of ether oxygens (including phenoxy) is 2. The standard InChI is InChI=1S/C17H17N5O3/c1-3-25-16-9-12(7-8-15(16)24-2)17(23)19-13-5-4-6-14(10-13)22-11-18-20-21-22/h4-11H,3H2,1-2H3,(H,19,23). The number of amides is 1. The maximum absolute atomic E-state index is 12.5. The van der Waals surface area contributed by atoms with Gasteiger partial charge in [-0.25, -0.2) is 4.68 Å². The largest absolute Gasteiger partial charge is 0.493 e. The fraction of sp³-hybridized carbons (Fsp3) is 0.176. The van der Waals surface area contributed by atoms with Crippen molar-refractivity contribution in [3.8, 4) is 17.2 Å². The third-order valence-corrected chi connectivity index (χ3v) is 3.44. The van der Waals surface area contributed by atoms with Gasteiger partial charge in [0.2, 0.25) is 0 Å². The molecule has 1 heterocycles. The molecule has 2 aromatic carbocycles. The molecule has 0 saturated heterocycles. The summed E-state index contributed by atoms with van der Waals surface area (Å²) in [5.74, 6) is 0.858. The van der Waals surface area contributed by atoms with Crippen molar-refractivity contribution in [1.82, 2.24) is 20.2 Å². The molecule has 25 heavy (non-hydrogen) atoms. The van der Waals surface area contributed by atoms with Gasteiger partial charge in [-0.05, 0) is 53.7 Å². The molecule has 128 valence electrons. The van der Waals surface area contributed by atoms with Gasteiger partial charge in [0.05, 0.1) is 19.4 Å². The van der Waals surface area contributed by atoms with Crippen LogP contribution in [-0.4, -0.2) is 39.8 Å². The van der Waals surface area contributed by atoms with E-state index in [1.807, 2.05) is 19.1 Å². The number of nitrogens with one attached hydrogen (secondary N) is 1. The van der Waals surface area contributed by atoms with E-state index in [0.717, 1.165) is 5.69 Å². The zero-order valence-electron chi connectivity index (χ0n) is 13.8. The van der Waals surface area contributed by atoms with Crippen molar-refractivity contribution >= 4 is 11.6 Å². The van der Waals surface area contributed by atoms with E-state index in [-0.39, 0.29) is 5.91 Å². The highest BCUT2D eigenvalue weighted by Gasteiger charge is 2.12. The van der Waals surface area contributed by atoms with E-state index in [9.17, 15) is 4.79 Å². The molecule has 0 aliphatic rings. The average molecular weight is 339 g/mol. The van der Waals surface area contributed by atoms with E-state index < -0.39 is 0 Å². The molecule has 0 unspecified atom stereocenters. The summed E-state index contributed by atoms with van der Waals surface area (Å²) in [6.07, 6.45) is 1.48. The second-order valence-corrected chi connectivity index (χ2v) is 5.06. The minimum Gasteiger partial charge on any atom is -0.493 e. The average Bonchev–Trinajstić information content (AvgIpc) is 3.17. The Bertz CT molecular complexity index is 864. The third kappa shape index (κ3) is 3.74. The van der Waals surface area contributed by atoms with Crippen LogP contribution in [0.4, 0.5) is 5.69 Å². The zero-order chi connectivity index (χ0) is 17.6. The van der Waals surface area contributed by atoms with E-state index >= 15 is 0 Å². The monoisotopic (exact) mass is 339 g/mol. The van der Waals surface area contributed by atoms with E-state index in [2.05, 4.69) is 20.8 Å². The van der Waals surface area contributed by atoms with Gasteiger partial charge in [-0.2, -0.15) is 0 Å². The van der Waals surface area contributed by atoms with Gasteiger partial charge >= 0.3 is 0 Å². The van der Waals surface area contributed by atoms with Crippen molar-refractivity contribution in [2.24, 2.45) is 0 Å². The number of tetrazole rings is 1. The van der Waals surface area contributed by atoms with Crippen molar-refractivity contribution in [1.29, 1.82) is 0 Å². The van der Waals surface area contributed by atoms with Gasteiger partial charge in [0.15, 0.2) is 11.5 Å². The lowest BCUT2D eigenvalue weighted by Gasteiger charge is -2.11. The molecule has 1 amide bonds. The molecule has 1 N–H and O–H groups in total. The number of nitrogens with zero attached hydrogens (tertiary/aromatic N) is 4. The van der Waals surface area contributed by atoms with E-state index in [0.29, 0.717) is 29.4 Å². The van der Waals surface area contributed by atoms with Gasteiger partial charge in [0, 0.05) is 11.3 Å². The molecule has 0 spiro atoms. The summed E-state index contributed by atoms with van der Waals surface area (Å²) in [4.78, 5) is 12.5. The molecular formula is C17H17N5O3. The molecule has 3 aromatic rings. The first-order valence-corrected chi connectivity index (χ1v) is 7.67. The van der Waals surface area contributed by atoms with Gasteiger partial charge in [-0.15, -0.1) is 5.10 Å². The number of rotatable bonds is 6. The first-order valence-electron chi connectivity index (χ1n) is 7.67. The second kappa shape index (κ2) is 7.43. The Morgan fingerprint density at radius 3 is 2.80 bits per heavy atom. The van der Waals surface area contributed by atoms with Crippen molar-refractivity contribution < 1.29 is 14.3 Å². The van der Waals surface area contributed by atoms with E-state index in [1.54, 1.807) is 37.4 Å². The van der Waals surface area contributed by atoms with Crippen molar-refractivity contribution in [3.63, 3.8) is 0 Å². The van der Waals surface area contributed by atoms with Crippen molar-refractivity contribution in [2.45, 2.75) is 6.92 Å². The van der Waals surface area contributed by atoms with E-state index in [4.69, 9.17) is 9.47 Å². The normalized spacial score (nSPS) is 10.3. The van der Waals surface area contributed by atoms with Crippen molar-refractivity contribution in [3.05, 3.63) is 54.4 Å². The highest BCUT2D eigenvalue weighted by Crippen LogP contribution is 2.28. The summed E-state index contributed by atoms with van der Waals surface area (Å²) in [6, 6.07) is 12.3. The first-order chi connectivity index (χ1) is 12.2. The van der Waals surface area contributed by atoms with Crippen LogP contribution in [0.5, 0.6) is 11.5 Å². The molecule has 3 rings (SSSR count). The van der Waals surface area contributed by atoms with E-state index in [1.165, 1.54) is 11.0 Å². The van der Waals surface area contributed by atoms with Gasteiger partial charge in [0.25, 0.3) is 5.91 Å². The fourth-order valence-corrected chi connectivity index (χ4v) is 2.30. The number of aromatic nitrogens is 4. The summed E-state index contributed by atoms with van der Waals surface area (Å²) in [7, 11) is 1.56. The minimum absolute atomic E-state index is 0.252. The Labute approximate surface area is 144 Å². The lowest BCUT2D eigenvalue weighted by molar-refractivity contribution is 0.102. The Balaban J connectivity index is 1.80. The first kappa shape index (κ1) is 16.4. The fourth-order valence-electron chi connectivity index (χ4n) is 2.30. The third-order valence-electron chi connectivity index (χ3n) is 3.44. The Kier molecular flexibility index (Phi) is 4.89. The Hall–Kier alpha value is -3.42. The molecule has 0 radical (unpaired) electrons. The van der Waals surface area contributed by atoms with Crippen LogP contribution in [0.15, 0.2) is 48.8 Å². The summed E-state index contributed by atoms with van der Waals surface area (Å²) in [5.41, 5.74) is 1.84. The van der Waals surface area contributed by atoms with Crippen molar-refractivity contribution in [2.75, 3.05) is 19.0 Å². The molecule has 0 bridgehead atoms. The van der Waals surface area contributed by atoms with Crippen LogP contribution in [0.2, 0.25) is 0 Å². The van der Waals surface area contributed by atoms with Crippen LogP contribution in [0.3, 0.4) is 0 Å². The predicted molar refractivity (Wildman–Crippen MR) is 91.3 cm³/mol. The quantitative estimate of drug-likeness (QED) is 0.741. The minimum atomic E-state index is -0.252. The zero-order valence-corrected chi connectivity index (χ0v) is 13.8. The number of methoxy groups -OCH3 is 1. The molecule has 0 aliphatic heterocycles. The number of hydrogen-bond acceptors (Lipinski definition) is 6. The number of carbonyl (C=O) groups excluding carboxylic acids is 1.